The van der Waals surface area contributed by atoms with E-state index in [1.54, 1.807) is 17.0 Å². The zero-order chi connectivity index (χ0) is 34.6. The number of sulfonamides is 1. The monoisotopic (exact) mass is 710 g/mol. The fourth-order valence-electron chi connectivity index (χ4n) is 6.00. The number of benzene rings is 3. The van der Waals surface area contributed by atoms with Gasteiger partial charge in [0.15, 0.2) is 0 Å². The first-order valence-electron chi connectivity index (χ1n) is 15.8. The molecular weight excluding hydrogens is 671 g/mol. The van der Waals surface area contributed by atoms with Crippen LogP contribution in [0.3, 0.4) is 0 Å². The highest BCUT2D eigenvalue weighted by atomic mass is 35.5. The van der Waals surface area contributed by atoms with E-state index in [4.69, 9.17) is 32.9 Å². The second-order valence-corrected chi connectivity index (χ2v) is 15.2. The number of amidine groups is 1. The minimum absolute atomic E-state index is 0.216. The molecule has 2 heterocycles. The molecule has 1 N–H and O–H groups in total. The molecule has 13 heteroatoms. The van der Waals surface area contributed by atoms with Crippen LogP contribution in [0.2, 0.25) is 10.0 Å². The lowest BCUT2D eigenvalue weighted by atomic mass is 9.85. The van der Waals surface area contributed by atoms with Gasteiger partial charge >= 0.3 is 6.03 Å². The summed E-state index contributed by atoms with van der Waals surface area (Å²) in [5.74, 6) is 1.00. The summed E-state index contributed by atoms with van der Waals surface area (Å²) in [6.45, 7) is 8.89. The molecule has 1 saturated heterocycles. The number of aliphatic imine (C=N–C) groups is 1. The van der Waals surface area contributed by atoms with Gasteiger partial charge < -0.3 is 9.64 Å². The molecule has 2 atom stereocenters. The third-order valence-corrected chi connectivity index (χ3v) is 9.88. The van der Waals surface area contributed by atoms with Crippen LogP contribution in [0.15, 0.2) is 71.7 Å². The predicted octanol–water partition coefficient (Wildman–Crippen LogP) is 6.02. The Kier molecular flexibility index (Phi) is 11.0. The van der Waals surface area contributed by atoms with E-state index in [9.17, 15) is 18.5 Å². The molecule has 2 aliphatic heterocycles. The number of carbonyl (C=O) groups is 1. The quantitative estimate of drug-likeness (QED) is 0.275. The maximum Gasteiger partial charge on any atom is 0.326 e. The molecule has 0 radical (unpaired) electrons. The average Bonchev–Trinajstić information content (AvgIpc) is 3.45. The van der Waals surface area contributed by atoms with Crippen LogP contribution < -0.4 is 9.46 Å². The summed E-state index contributed by atoms with van der Waals surface area (Å²) in [6.07, 6.45) is 1.14. The normalized spacial score (nSPS) is 18.8. The van der Waals surface area contributed by atoms with E-state index in [-0.39, 0.29) is 6.03 Å². The number of rotatable bonds is 10. The molecular formula is C35H40Cl2N6O4S. The molecule has 0 unspecified atom stereocenters. The number of halogens is 2. The average molecular weight is 712 g/mol. The Morgan fingerprint density at radius 1 is 1.00 bits per heavy atom. The number of ether oxygens (including phenoxy) is 1. The van der Waals surface area contributed by atoms with E-state index in [2.05, 4.69) is 15.7 Å². The first-order valence-corrected chi connectivity index (χ1v) is 18.5. The van der Waals surface area contributed by atoms with Crippen molar-refractivity contribution < 1.29 is 17.9 Å². The number of carbonyl (C=O) groups excluding carboxylic acids is 1. The smallest absolute Gasteiger partial charge is 0.326 e. The van der Waals surface area contributed by atoms with Gasteiger partial charge in [-0.15, -0.1) is 0 Å². The Labute approximate surface area is 292 Å². The largest absolute Gasteiger partial charge is 0.493 e. The molecule has 2 amide bonds. The van der Waals surface area contributed by atoms with Gasteiger partial charge in [0.1, 0.15) is 17.6 Å². The van der Waals surface area contributed by atoms with Gasteiger partial charge in [-0.3, -0.25) is 14.8 Å². The van der Waals surface area contributed by atoms with Crippen molar-refractivity contribution in [3.63, 3.8) is 0 Å². The maximum atomic E-state index is 14.8. The Bertz CT molecular complexity index is 1800. The van der Waals surface area contributed by atoms with Crippen LogP contribution in [0.25, 0.3) is 0 Å². The fraction of sp³-hybridized carbons (Fsp3) is 0.400. The molecule has 5 rings (SSSR count). The molecule has 3 aromatic carbocycles. The standard InChI is InChI=1S/C35H40Cl2N6O4S/c1-5-47-30-15-10-26(35(2,3)23-38)22-29(30)33-40-31(24-6-11-27(36)12-7-24)32(25-8-13-28(37)14-9-25)43(33)34(44)42-20-18-41(19-21-42)17-16-39-48(4,45)46/h6-15,22,31-32,39H,5,16-21H2,1-4H3/t31-,32+/m0/s1. The first-order chi connectivity index (χ1) is 22.8. The van der Waals surface area contributed by atoms with Crippen LogP contribution in [0.4, 0.5) is 4.79 Å². The SMILES string of the molecule is CCOc1ccc(C(C)(C)C#N)cc1C1=N[C@@H](c2ccc(Cl)cc2)[C@@H](c2ccc(Cl)cc2)N1C(=O)N1CCN(CCNS(C)(=O)=O)CC1. The second kappa shape index (κ2) is 14.8. The predicted molar refractivity (Wildman–Crippen MR) is 189 cm³/mol. The second-order valence-electron chi connectivity index (χ2n) is 12.5. The molecule has 48 heavy (non-hydrogen) atoms. The van der Waals surface area contributed by atoms with Gasteiger partial charge in [0.05, 0.1) is 36.0 Å². The summed E-state index contributed by atoms with van der Waals surface area (Å²) in [5, 5.41) is 11.2. The third kappa shape index (κ3) is 8.13. The van der Waals surface area contributed by atoms with E-state index in [1.165, 1.54) is 0 Å². The minimum Gasteiger partial charge on any atom is -0.493 e. The van der Waals surface area contributed by atoms with Gasteiger partial charge in [-0.05, 0) is 73.9 Å². The van der Waals surface area contributed by atoms with Crippen LogP contribution in [0.1, 0.15) is 55.1 Å². The Morgan fingerprint density at radius 3 is 2.17 bits per heavy atom. The molecule has 10 nitrogen and oxygen atoms in total. The van der Waals surface area contributed by atoms with E-state index in [0.717, 1.165) is 22.9 Å². The number of nitriles is 1. The summed E-state index contributed by atoms with van der Waals surface area (Å²) in [5.41, 5.74) is 2.31. The molecule has 0 spiro atoms. The highest BCUT2D eigenvalue weighted by Gasteiger charge is 2.45. The van der Waals surface area contributed by atoms with E-state index in [1.807, 2.05) is 80.3 Å². The number of piperazine rings is 1. The van der Waals surface area contributed by atoms with Crippen LogP contribution in [-0.4, -0.2) is 87.1 Å². The molecule has 0 aromatic heterocycles. The van der Waals surface area contributed by atoms with E-state index < -0.39 is 27.5 Å². The zero-order valence-electron chi connectivity index (χ0n) is 27.5. The maximum absolute atomic E-state index is 14.8. The van der Waals surface area contributed by atoms with Crippen molar-refractivity contribution in [2.45, 2.75) is 38.3 Å². The Balaban J connectivity index is 1.60. The topological polar surface area (TPSA) is 118 Å². The lowest BCUT2D eigenvalue weighted by Gasteiger charge is -2.39. The van der Waals surface area contributed by atoms with Crippen LogP contribution >= 0.6 is 23.2 Å². The molecule has 254 valence electrons. The van der Waals surface area contributed by atoms with Crippen LogP contribution in [-0.2, 0) is 15.4 Å². The Hall–Kier alpha value is -3.66. The molecule has 0 bridgehead atoms. The molecule has 2 aliphatic rings. The van der Waals surface area contributed by atoms with Crippen molar-refractivity contribution in [3.05, 3.63) is 99.0 Å². The van der Waals surface area contributed by atoms with Crippen molar-refractivity contribution in [3.8, 4) is 11.8 Å². The number of hydrogen-bond donors (Lipinski definition) is 1. The first kappa shape index (κ1) is 35.6. The van der Waals surface area contributed by atoms with Crippen molar-refractivity contribution >= 4 is 45.1 Å². The van der Waals surface area contributed by atoms with Crippen molar-refractivity contribution in [1.29, 1.82) is 5.26 Å². The van der Waals surface area contributed by atoms with Crippen molar-refractivity contribution in [2.75, 3.05) is 52.1 Å². The van der Waals surface area contributed by atoms with Gasteiger partial charge in [-0.2, -0.15) is 5.26 Å². The fourth-order valence-corrected chi connectivity index (χ4v) is 6.71. The minimum atomic E-state index is -3.29. The summed E-state index contributed by atoms with van der Waals surface area (Å²) in [4.78, 5) is 25.8. The number of urea groups is 1. The van der Waals surface area contributed by atoms with E-state index >= 15 is 0 Å². The van der Waals surface area contributed by atoms with E-state index in [0.29, 0.717) is 73.1 Å². The number of nitrogens with one attached hydrogen (secondary N) is 1. The van der Waals surface area contributed by atoms with Gasteiger partial charge in [-0.25, -0.2) is 17.9 Å². The van der Waals surface area contributed by atoms with Crippen molar-refractivity contribution in [2.24, 2.45) is 4.99 Å². The van der Waals surface area contributed by atoms with Gasteiger partial charge in [0.2, 0.25) is 10.0 Å². The Morgan fingerprint density at radius 2 is 1.60 bits per heavy atom. The number of hydrogen-bond acceptors (Lipinski definition) is 7. The summed E-state index contributed by atoms with van der Waals surface area (Å²) < 4.78 is 31.7. The highest BCUT2D eigenvalue weighted by molar-refractivity contribution is 7.88. The lowest BCUT2D eigenvalue weighted by Crippen LogP contribution is -2.54. The van der Waals surface area contributed by atoms with Crippen LogP contribution in [0.5, 0.6) is 5.75 Å². The molecule has 3 aromatic rings. The zero-order valence-corrected chi connectivity index (χ0v) is 29.8. The lowest BCUT2D eigenvalue weighted by molar-refractivity contribution is 0.120. The summed E-state index contributed by atoms with van der Waals surface area (Å²) >= 11 is 12.6. The molecule has 1 fully saturated rings. The van der Waals surface area contributed by atoms with Crippen LogP contribution in [0, 0.1) is 11.3 Å². The highest BCUT2D eigenvalue weighted by Crippen LogP contribution is 2.46. The molecule has 0 aliphatic carbocycles. The molecule has 0 saturated carbocycles. The number of amides is 2. The summed E-state index contributed by atoms with van der Waals surface area (Å²) in [6, 6.07) is 21.7. The number of nitrogens with zero attached hydrogens (tertiary/aromatic N) is 5. The van der Waals surface area contributed by atoms with Crippen molar-refractivity contribution in [1.82, 2.24) is 19.4 Å². The summed E-state index contributed by atoms with van der Waals surface area (Å²) in [7, 11) is -3.29. The third-order valence-electron chi connectivity index (χ3n) is 8.65. The van der Waals surface area contributed by atoms with Gasteiger partial charge in [-0.1, -0.05) is 53.5 Å². The van der Waals surface area contributed by atoms with Gasteiger partial charge in [0, 0.05) is 49.3 Å². The van der Waals surface area contributed by atoms with Gasteiger partial charge in [0.25, 0.3) is 0 Å².